The summed E-state index contributed by atoms with van der Waals surface area (Å²) in [5.74, 6) is -0.112. The number of likely N-dealkylation sites (tertiary alicyclic amines) is 1. The van der Waals surface area contributed by atoms with Gasteiger partial charge in [0, 0.05) is 13.1 Å². The summed E-state index contributed by atoms with van der Waals surface area (Å²) >= 11 is 0. The van der Waals surface area contributed by atoms with E-state index in [0.717, 1.165) is 12.0 Å². The van der Waals surface area contributed by atoms with Crippen LogP contribution < -0.4 is 5.32 Å². The molecule has 108 valence electrons. The number of carbonyl (C=O) groups excluding carboxylic acids is 2. The first kappa shape index (κ1) is 14.4. The third-order valence-corrected chi connectivity index (χ3v) is 3.37. The fourth-order valence-corrected chi connectivity index (χ4v) is 2.37. The Morgan fingerprint density at radius 1 is 1.35 bits per heavy atom. The van der Waals surface area contributed by atoms with E-state index in [0.29, 0.717) is 26.1 Å². The molecule has 0 saturated carbocycles. The summed E-state index contributed by atoms with van der Waals surface area (Å²) in [6, 6.07) is 9.31. The zero-order chi connectivity index (χ0) is 14.4. The molecular formula is C15H20N2O3. The molecule has 20 heavy (non-hydrogen) atoms. The summed E-state index contributed by atoms with van der Waals surface area (Å²) in [7, 11) is 0. The van der Waals surface area contributed by atoms with Gasteiger partial charge in [-0.25, -0.2) is 4.79 Å². The Hall–Kier alpha value is -2.04. The monoisotopic (exact) mass is 276 g/mol. The van der Waals surface area contributed by atoms with Gasteiger partial charge in [-0.3, -0.25) is 9.69 Å². The van der Waals surface area contributed by atoms with E-state index in [4.69, 9.17) is 4.74 Å². The van der Waals surface area contributed by atoms with Gasteiger partial charge >= 0.3 is 6.09 Å². The fraction of sp³-hybridized carbons (Fsp3) is 0.467. The van der Waals surface area contributed by atoms with E-state index in [2.05, 4.69) is 5.32 Å². The topological polar surface area (TPSA) is 58.6 Å². The van der Waals surface area contributed by atoms with Crippen LogP contribution in [0, 0.1) is 0 Å². The molecule has 2 amide bonds. The summed E-state index contributed by atoms with van der Waals surface area (Å²) in [6.45, 7) is 3.15. The molecule has 1 aromatic carbocycles. The van der Waals surface area contributed by atoms with Gasteiger partial charge in [0.2, 0.25) is 5.91 Å². The molecule has 0 spiro atoms. The highest BCUT2D eigenvalue weighted by molar-refractivity contribution is 5.86. The van der Waals surface area contributed by atoms with E-state index >= 15 is 0 Å². The van der Waals surface area contributed by atoms with Crippen molar-refractivity contribution in [3.8, 4) is 0 Å². The molecule has 0 radical (unpaired) electrons. The molecule has 0 unspecified atom stereocenters. The molecule has 1 aromatic rings. The zero-order valence-corrected chi connectivity index (χ0v) is 11.7. The average molecular weight is 276 g/mol. The molecule has 2 rings (SSSR count). The number of hydrogen-bond acceptors (Lipinski definition) is 3. The Kier molecular flexibility index (Phi) is 4.98. The van der Waals surface area contributed by atoms with Crippen molar-refractivity contribution >= 4 is 12.0 Å². The van der Waals surface area contributed by atoms with Crippen LogP contribution in [0.5, 0.6) is 0 Å². The average Bonchev–Trinajstić information content (AvgIpc) is 2.96. The molecule has 5 nitrogen and oxygen atoms in total. The molecule has 1 N–H and O–H groups in total. The van der Waals surface area contributed by atoms with E-state index < -0.39 is 12.1 Å². The van der Waals surface area contributed by atoms with Crippen LogP contribution in [0.15, 0.2) is 30.3 Å². The van der Waals surface area contributed by atoms with E-state index in [9.17, 15) is 9.59 Å². The maximum atomic E-state index is 12.2. The number of carbonyl (C=O) groups is 2. The number of nitrogens with one attached hydrogen (secondary N) is 1. The van der Waals surface area contributed by atoms with Crippen LogP contribution in [0.1, 0.15) is 25.3 Å². The highest BCUT2D eigenvalue weighted by Crippen LogP contribution is 2.18. The highest BCUT2D eigenvalue weighted by atomic mass is 16.6. The quantitative estimate of drug-likeness (QED) is 0.914. The van der Waals surface area contributed by atoms with Gasteiger partial charge < -0.3 is 10.1 Å². The van der Waals surface area contributed by atoms with Gasteiger partial charge in [-0.05, 0) is 25.3 Å². The number of hydrogen-bond donors (Lipinski definition) is 1. The Labute approximate surface area is 118 Å². The Morgan fingerprint density at radius 3 is 2.80 bits per heavy atom. The highest BCUT2D eigenvalue weighted by Gasteiger charge is 2.34. The second-order valence-electron chi connectivity index (χ2n) is 4.75. The number of nitrogens with zero attached hydrogens (tertiary/aromatic N) is 1. The predicted octanol–water partition coefficient (Wildman–Crippen LogP) is 1.92. The normalized spacial score (nSPS) is 17.9. The number of amides is 2. The minimum absolute atomic E-state index is 0.112. The van der Waals surface area contributed by atoms with Crippen molar-refractivity contribution in [1.29, 1.82) is 0 Å². The molecule has 1 saturated heterocycles. The first-order chi connectivity index (χ1) is 9.72. The number of ether oxygens (including phenoxy) is 1. The zero-order valence-electron chi connectivity index (χ0n) is 11.7. The SMILES string of the molecule is CCOC(=O)N1CCC[C@H]1C(=O)NCc1ccccc1. The Bertz CT molecular complexity index is 461. The molecule has 0 aliphatic carbocycles. The van der Waals surface area contributed by atoms with Gasteiger partial charge in [-0.2, -0.15) is 0 Å². The molecule has 1 aliphatic rings. The Morgan fingerprint density at radius 2 is 2.10 bits per heavy atom. The first-order valence-corrected chi connectivity index (χ1v) is 6.97. The van der Waals surface area contributed by atoms with Gasteiger partial charge in [0.1, 0.15) is 6.04 Å². The van der Waals surface area contributed by atoms with Crippen molar-refractivity contribution in [2.75, 3.05) is 13.2 Å². The van der Waals surface area contributed by atoms with Crippen LogP contribution in [0.25, 0.3) is 0 Å². The van der Waals surface area contributed by atoms with Crippen LogP contribution in [0.2, 0.25) is 0 Å². The molecule has 0 bridgehead atoms. The third kappa shape index (κ3) is 3.50. The summed E-state index contributed by atoms with van der Waals surface area (Å²) in [5.41, 5.74) is 1.04. The minimum Gasteiger partial charge on any atom is -0.450 e. The molecule has 1 atom stereocenters. The first-order valence-electron chi connectivity index (χ1n) is 6.97. The van der Waals surface area contributed by atoms with Crippen molar-refractivity contribution in [2.45, 2.75) is 32.4 Å². The van der Waals surface area contributed by atoms with Crippen molar-refractivity contribution in [1.82, 2.24) is 10.2 Å². The largest absolute Gasteiger partial charge is 0.450 e. The summed E-state index contributed by atoms with van der Waals surface area (Å²) in [6.07, 6.45) is 1.13. The summed E-state index contributed by atoms with van der Waals surface area (Å²) < 4.78 is 4.98. The van der Waals surface area contributed by atoms with Gasteiger partial charge in [0.25, 0.3) is 0 Å². The van der Waals surface area contributed by atoms with E-state index in [1.54, 1.807) is 6.92 Å². The van der Waals surface area contributed by atoms with Gasteiger partial charge in [0.15, 0.2) is 0 Å². The lowest BCUT2D eigenvalue weighted by molar-refractivity contribution is -0.125. The van der Waals surface area contributed by atoms with Gasteiger partial charge in [-0.15, -0.1) is 0 Å². The lowest BCUT2D eigenvalue weighted by Crippen LogP contribution is -2.45. The van der Waals surface area contributed by atoms with E-state index in [-0.39, 0.29) is 5.91 Å². The molecule has 0 aromatic heterocycles. The van der Waals surface area contributed by atoms with Crippen LogP contribution in [-0.4, -0.2) is 36.1 Å². The molecular weight excluding hydrogens is 256 g/mol. The molecule has 1 heterocycles. The molecule has 5 heteroatoms. The molecule has 1 fully saturated rings. The van der Waals surface area contributed by atoms with Gasteiger partial charge in [-0.1, -0.05) is 30.3 Å². The second-order valence-corrected chi connectivity index (χ2v) is 4.75. The summed E-state index contributed by atoms with van der Waals surface area (Å²) in [5, 5.41) is 2.88. The van der Waals surface area contributed by atoms with Crippen LogP contribution in [-0.2, 0) is 16.1 Å². The van der Waals surface area contributed by atoms with Crippen molar-refractivity contribution in [3.05, 3.63) is 35.9 Å². The number of rotatable bonds is 4. The fourth-order valence-electron chi connectivity index (χ4n) is 2.37. The van der Waals surface area contributed by atoms with Crippen LogP contribution in [0.4, 0.5) is 4.79 Å². The molecule has 1 aliphatic heterocycles. The van der Waals surface area contributed by atoms with Crippen molar-refractivity contribution in [3.63, 3.8) is 0 Å². The van der Waals surface area contributed by atoms with Gasteiger partial charge in [0.05, 0.1) is 6.61 Å². The predicted molar refractivity (Wildman–Crippen MR) is 75.0 cm³/mol. The van der Waals surface area contributed by atoms with E-state index in [1.165, 1.54) is 4.90 Å². The second kappa shape index (κ2) is 6.93. The lowest BCUT2D eigenvalue weighted by Gasteiger charge is -2.23. The lowest BCUT2D eigenvalue weighted by atomic mass is 10.2. The van der Waals surface area contributed by atoms with Crippen LogP contribution in [0.3, 0.4) is 0 Å². The maximum absolute atomic E-state index is 12.2. The Balaban J connectivity index is 1.89. The smallest absolute Gasteiger partial charge is 0.410 e. The van der Waals surface area contributed by atoms with Crippen molar-refractivity contribution < 1.29 is 14.3 Å². The summed E-state index contributed by atoms with van der Waals surface area (Å²) in [4.78, 5) is 25.5. The third-order valence-electron chi connectivity index (χ3n) is 3.37. The van der Waals surface area contributed by atoms with E-state index in [1.807, 2.05) is 30.3 Å². The van der Waals surface area contributed by atoms with Crippen molar-refractivity contribution in [2.24, 2.45) is 0 Å². The van der Waals surface area contributed by atoms with Crippen LogP contribution >= 0.6 is 0 Å². The standard InChI is InChI=1S/C15H20N2O3/c1-2-20-15(19)17-10-6-9-13(17)14(18)16-11-12-7-4-3-5-8-12/h3-5,7-8,13H,2,6,9-11H2,1H3,(H,16,18)/t13-/m0/s1. The number of benzene rings is 1. The maximum Gasteiger partial charge on any atom is 0.410 e. The minimum atomic E-state index is -0.405.